The van der Waals surface area contributed by atoms with Crippen molar-refractivity contribution in [2.75, 3.05) is 7.11 Å². The number of carboxylic acids is 2. The van der Waals surface area contributed by atoms with Crippen LogP contribution in [-0.2, 0) is 9.59 Å². The summed E-state index contributed by atoms with van der Waals surface area (Å²) in [6.45, 7) is 1.40. The Morgan fingerprint density at radius 2 is 1.83 bits per heavy atom. The number of fused-ring (bicyclic) bond motifs is 1. The Kier molecular flexibility index (Phi) is 4.33. The molecule has 0 radical (unpaired) electrons. The molecule has 7 nitrogen and oxygen atoms in total. The second-order valence-corrected chi connectivity index (χ2v) is 5.61. The molecule has 2 rings (SSSR count). The van der Waals surface area contributed by atoms with Crippen LogP contribution in [0.1, 0.15) is 18.4 Å². The molecule has 3 N–H and O–H groups in total. The number of hydrogen-bond donors (Lipinski definition) is 3. The summed E-state index contributed by atoms with van der Waals surface area (Å²) in [7, 11) is 1.42. The fourth-order valence-corrected chi connectivity index (χ4v) is 2.59. The SMILES string of the molecule is COc1ccc(C(C)C(Cl)(C(=O)O)C(=O)O)c2ccc(=O)[nH]c12. The maximum atomic E-state index is 11.5. The summed E-state index contributed by atoms with van der Waals surface area (Å²) in [4.78, 5) is 34.4. The van der Waals surface area contributed by atoms with E-state index in [0.717, 1.165) is 0 Å². The number of benzene rings is 1. The van der Waals surface area contributed by atoms with E-state index in [1.165, 1.54) is 38.3 Å². The molecule has 1 aromatic carbocycles. The van der Waals surface area contributed by atoms with E-state index < -0.39 is 22.7 Å². The van der Waals surface area contributed by atoms with Gasteiger partial charge in [0.25, 0.3) is 0 Å². The quantitative estimate of drug-likeness (QED) is 0.564. The highest BCUT2D eigenvalue weighted by Crippen LogP contribution is 2.39. The van der Waals surface area contributed by atoms with Crippen molar-refractivity contribution in [3.8, 4) is 5.75 Å². The molecule has 0 spiro atoms. The Bertz CT molecular complexity index is 829. The van der Waals surface area contributed by atoms with Crippen molar-refractivity contribution in [3.63, 3.8) is 0 Å². The number of aromatic amines is 1. The van der Waals surface area contributed by atoms with Crippen molar-refractivity contribution in [3.05, 3.63) is 40.2 Å². The normalized spacial score (nSPS) is 12.8. The summed E-state index contributed by atoms with van der Waals surface area (Å²) >= 11 is 5.90. The van der Waals surface area contributed by atoms with Crippen LogP contribution in [0.5, 0.6) is 5.75 Å². The topological polar surface area (TPSA) is 117 Å². The number of halogens is 1. The first-order valence-electron chi connectivity index (χ1n) is 6.59. The van der Waals surface area contributed by atoms with Crippen molar-refractivity contribution in [2.45, 2.75) is 17.7 Å². The molecule has 1 heterocycles. The van der Waals surface area contributed by atoms with Gasteiger partial charge in [-0.05, 0) is 17.7 Å². The first-order chi connectivity index (χ1) is 10.7. The first-order valence-corrected chi connectivity index (χ1v) is 6.96. The largest absolute Gasteiger partial charge is 0.495 e. The predicted octanol–water partition coefficient (Wildman–Crippen LogP) is 1.79. The molecule has 2 aromatic rings. The molecule has 0 aliphatic heterocycles. The highest BCUT2D eigenvalue weighted by atomic mass is 35.5. The van der Waals surface area contributed by atoms with Gasteiger partial charge in [0.2, 0.25) is 10.4 Å². The molecule has 0 aliphatic carbocycles. The zero-order valence-electron chi connectivity index (χ0n) is 12.3. The zero-order valence-corrected chi connectivity index (χ0v) is 13.0. The molecule has 8 heteroatoms. The standard InChI is InChI=1S/C15H14ClNO6/c1-7(15(16,13(19)20)14(21)22)8-3-5-10(23-2)12-9(8)4-6-11(18)17-12/h3-7H,1-2H3,(H,17,18)(H,19,20)(H,21,22). The predicted molar refractivity (Wildman–Crippen MR) is 83.4 cm³/mol. The van der Waals surface area contributed by atoms with Gasteiger partial charge in [0.1, 0.15) is 5.75 Å². The van der Waals surface area contributed by atoms with Gasteiger partial charge in [0, 0.05) is 17.4 Å². The minimum atomic E-state index is -2.53. The fourth-order valence-electron chi connectivity index (χ4n) is 2.47. The van der Waals surface area contributed by atoms with Gasteiger partial charge in [-0.2, -0.15) is 0 Å². The number of alkyl halides is 1. The third-order valence-corrected chi connectivity index (χ3v) is 4.45. The molecule has 0 amide bonds. The molecule has 0 aliphatic rings. The van der Waals surface area contributed by atoms with Crippen molar-refractivity contribution >= 4 is 34.4 Å². The molecular weight excluding hydrogens is 326 g/mol. The summed E-state index contributed by atoms with van der Waals surface area (Å²) in [5.41, 5.74) is 0.352. The lowest BCUT2D eigenvalue weighted by Gasteiger charge is -2.26. The summed E-state index contributed by atoms with van der Waals surface area (Å²) in [6.07, 6.45) is 0. The van der Waals surface area contributed by atoms with E-state index in [-0.39, 0.29) is 5.56 Å². The average molecular weight is 340 g/mol. The van der Waals surface area contributed by atoms with Crippen LogP contribution in [0.4, 0.5) is 0 Å². The summed E-state index contributed by atoms with van der Waals surface area (Å²) in [5.74, 6) is -4.02. The lowest BCUT2D eigenvalue weighted by molar-refractivity contribution is -0.153. The van der Waals surface area contributed by atoms with E-state index in [1.807, 2.05) is 0 Å². The molecule has 0 saturated carbocycles. The third kappa shape index (κ3) is 2.63. The molecule has 1 atom stereocenters. The van der Waals surface area contributed by atoms with E-state index in [2.05, 4.69) is 4.98 Å². The molecule has 0 fully saturated rings. The fraction of sp³-hybridized carbons (Fsp3) is 0.267. The number of rotatable bonds is 5. The van der Waals surface area contributed by atoms with Crippen molar-refractivity contribution in [1.82, 2.24) is 4.98 Å². The summed E-state index contributed by atoms with van der Waals surface area (Å²) in [5, 5.41) is 19.0. The van der Waals surface area contributed by atoms with Crippen LogP contribution >= 0.6 is 11.6 Å². The average Bonchev–Trinajstić information content (AvgIpc) is 2.51. The number of aromatic nitrogens is 1. The van der Waals surface area contributed by atoms with Crippen molar-refractivity contribution < 1.29 is 24.5 Å². The van der Waals surface area contributed by atoms with E-state index in [0.29, 0.717) is 22.2 Å². The molecule has 0 saturated heterocycles. The number of hydrogen-bond acceptors (Lipinski definition) is 4. The monoisotopic (exact) mass is 339 g/mol. The number of pyridine rings is 1. The van der Waals surface area contributed by atoms with Crippen molar-refractivity contribution in [2.24, 2.45) is 0 Å². The van der Waals surface area contributed by atoms with Crippen LogP contribution in [0.25, 0.3) is 10.9 Å². The highest BCUT2D eigenvalue weighted by Gasteiger charge is 2.50. The lowest BCUT2D eigenvalue weighted by atomic mass is 9.84. The van der Waals surface area contributed by atoms with Gasteiger partial charge >= 0.3 is 11.9 Å². The number of carboxylic acid groups (broad SMARTS) is 2. The Morgan fingerprint density at radius 1 is 1.22 bits per heavy atom. The van der Waals surface area contributed by atoms with Crippen LogP contribution in [0.15, 0.2) is 29.1 Å². The molecule has 122 valence electrons. The molecule has 1 aromatic heterocycles. The van der Waals surface area contributed by atoms with Crippen LogP contribution in [-0.4, -0.2) is 39.1 Å². The lowest BCUT2D eigenvalue weighted by Crippen LogP contribution is -2.45. The number of aliphatic carboxylic acids is 2. The van der Waals surface area contributed by atoms with Gasteiger partial charge in [-0.25, -0.2) is 9.59 Å². The number of nitrogens with one attached hydrogen (secondary N) is 1. The number of ether oxygens (including phenoxy) is 1. The van der Waals surface area contributed by atoms with Gasteiger partial charge in [0.05, 0.1) is 12.6 Å². The molecule has 23 heavy (non-hydrogen) atoms. The summed E-state index contributed by atoms with van der Waals surface area (Å²) < 4.78 is 5.16. The highest BCUT2D eigenvalue weighted by molar-refractivity contribution is 6.45. The van der Waals surface area contributed by atoms with Crippen LogP contribution < -0.4 is 10.3 Å². The van der Waals surface area contributed by atoms with E-state index in [1.54, 1.807) is 0 Å². The molecular formula is C15H14ClNO6. The van der Waals surface area contributed by atoms with Crippen molar-refractivity contribution in [1.29, 1.82) is 0 Å². The number of H-pyrrole nitrogens is 1. The van der Waals surface area contributed by atoms with Gasteiger partial charge in [-0.15, -0.1) is 0 Å². The summed E-state index contributed by atoms with van der Waals surface area (Å²) in [6, 6.07) is 5.79. The number of methoxy groups -OCH3 is 1. The maximum absolute atomic E-state index is 11.5. The zero-order chi connectivity index (χ0) is 17.4. The Labute approximate surface area is 135 Å². The van der Waals surface area contributed by atoms with Crippen LogP contribution in [0, 0.1) is 0 Å². The first kappa shape index (κ1) is 16.8. The van der Waals surface area contributed by atoms with Gasteiger partial charge in [-0.1, -0.05) is 24.6 Å². The minimum absolute atomic E-state index is 0.346. The van der Waals surface area contributed by atoms with Gasteiger partial charge in [0.15, 0.2) is 0 Å². The van der Waals surface area contributed by atoms with Gasteiger partial charge < -0.3 is 19.9 Å². The van der Waals surface area contributed by atoms with E-state index in [9.17, 15) is 24.6 Å². The molecule has 0 bridgehead atoms. The Morgan fingerprint density at radius 3 is 2.35 bits per heavy atom. The van der Waals surface area contributed by atoms with E-state index in [4.69, 9.17) is 16.3 Å². The van der Waals surface area contributed by atoms with E-state index >= 15 is 0 Å². The Balaban J connectivity index is 2.76. The van der Waals surface area contributed by atoms with Crippen LogP contribution in [0.3, 0.4) is 0 Å². The minimum Gasteiger partial charge on any atom is -0.495 e. The second kappa shape index (κ2) is 5.92. The smallest absolute Gasteiger partial charge is 0.337 e. The maximum Gasteiger partial charge on any atom is 0.337 e. The number of carbonyl (C=O) groups is 2. The third-order valence-electron chi connectivity index (χ3n) is 3.80. The molecule has 1 unspecified atom stereocenters. The van der Waals surface area contributed by atoms with Gasteiger partial charge in [-0.3, -0.25) is 4.79 Å². The Hall–Kier alpha value is -2.54. The second-order valence-electron chi connectivity index (χ2n) is 5.01. The van der Waals surface area contributed by atoms with Crippen LogP contribution in [0.2, 0.25) is 0 Å².